The third-order valence-electron chi connectivity index (χ3n) is 8.70. The predicted molar refractivity (Wildman–Crippen MR) is 175 cm³/mol. The van der Waals surface area contributed by atoms with Crippen molar-refractivity contribution in [1.29, 1.82) is 0 Å². The van der Waals surface area contributed by atoms with Crippen LogP contribution in [0.1, 0.15) is 76.6 Å². The molecule has 0 aliphatic rings. The Bertz CT molecular complexity index is 1440. The van der Waals surface area contributed by atoms with Gasteiger partial charge in [0, 0.05) is 0 Å². The van der Waals surface area contributed by atoms with Gasteiger partial charge in [0.25, 0.3) is 0 Å². The Morgan fingerprint density at radius 1 is 0.587 bits per heavy atom. The molecule has 0 aromatic heterocycles. The van der Waals surface area contributed by atoms with E-state index in [0.717, 1.165) is 24.5 Å². The number of ether oxygens (including phenoxy) is 2. The fourth-order valence-corrected chi connectivity index (χ4v) is 4.82. The van der Waals surface area contributed by atoms with E-state index in [9.17, 15) is 22.8 Å². The minimum absolute atomic E-state index is 0.100. The van der Waals surface area contributed by atoms with Crippen LogP contribution in [0, 0.1) is 11.3 Å². The average molecular weight is 633 g/mol. The highest BCUT2D eigenvalue weighted by molar-refractivity contribution is 5.78. The van der Waals surface area contributed by atoms with E-state index in [1.54, 1.807) is 67.6 Å². The molecule has 0 saturated heterocycles. The monoisotopic (exact) mass is 632 g/mol. The second-order valence-corrected chi connectivity index (χ2v) is 11.8. The molecule has 0 bridgehead atoms. The lowest BCUT2D eigenvalue weighted by Gasteiger charge is -2.36. The predicted octanol–water partition coefficient (Wildman–Crippen LogP) is 10.0. The minimum Gasteiger partial charge on any atom is -0.449 e. The first-order valence-corrected chi connectivity index (χ1v) is 15.5. The second kappa shape index (κ2) is 15.3. The van der Waals surface area contributed by atoms with E-state index in [1.165, 1.54) is 6.92 Å². The molecule has 0 saturated carbocycles. The number of benzene rings is 4. The summed E-state index contributed by atoms with van der Waals surface area (Å²) >= 11 is 0. The van der Waals surface area contributed by atoms with Gasteiger partial charge in [-0.2, -0.15) is 13.2 Å². The third-order valence-corrected chi connectivity index (χ3v) is 8.70. The van der Waals surface area contributed by atoms with Gasteiger partial charge in [-0.25, -0.2) is 0 Å². The summed E-state index contributed by atoms with van der Waals surface area (Å²) in [7, 11) is 0. The Morgan fingerprint density at radius 2 is 0.891 bits per heavy atom. The zero-order valence-corrected chi connectivity index (χ0v) is 27.3. The van der Waals surface area contributed by atoms with Gasteiger partial charge in [0.2, 0.25) is 0 Å². The molecule has 0 radical (unpaired) electrons. The number of halogens is 3. The molecule has 0 heterocycles. The normalized spacial score (nSPS) is 13.8. The molecule has 4 nitrogen and oxygen atoms in total. The van der Waals surface area contributed by atoms with Crippen LogP contribution in [0.3, 0.4) is 0 Å². The van der Waals surface area contributed by atoms with Crippen molar-refractivity contribution in [2.45, 2.75) is 71.8 Å². The van der Waals surface area contributed by atoms with Gasteiger partial charge in [-0.05, 0) is 55.9 Å². The third kappa shape index (κ3) is 8.06. The van der Waals surface area contributed by atoms with E-state index in [0.29, 0.717) is 11.1 Å². The van der Waals surface area contributed by atoms with Crippen molar-refractivity contribution in [3.63, 3.8) is 0 Å². The van der Waals surface area contributed by atoms with E-state index in [2.05, 4.69) is 0 Å². The highest BCUT2D eigenvalue weighted by atomic mass is 19.4. The summed E-state index contributed by atoms with van der Waals surface area (Å²) < 4.78 is 51.8. The Labute approximate surface area is 270 Å². The maximum absolute atomic E-state index is 13.4. The largest absolute Gasteiger partial charge is 0.449 e. The summed E-state index contributed by atoms with van der Waals surface area (Å²) in [5.41, 5.74) is -1.46. The molecule has 0 spiro atoms. The van der Waals surface area contributed by atoms with Crippen molar-refractivity contribution < 1.29 is 32.2 Å². The summed E-state index contributed by atoms with van der Waals surface area (Å²) in [6.45, 7) is 9.68. The van der Waals surface area contributed by atoms with Crippen LogP contribution in [0.5, 0.6) is 0 Å². The molecule has 4 aromatic rings. The number of hydrogen-bond donors (Lipinski definition) is 0. The van der Waals surface area contributed by atoms with Gasteiger partial charge in [0.1, 0.15) is 0 Å². The molecule has 0 aliphatic heterocycles. The smallest absolute Gasteiger partial charge is 0.404 e. The van der Waals surface area contributed by atoms with Crippen LogP contribution in [-0.4, -0.2) is 18.1 Å². The van der Waals surface area contributed by atoms with Crippen molar-refractivity contribution in [1.82, 2.24) is 0 Å². The average Bonchev–Trinajstić information content (AvgIpc) is 3.08. The van der Waals surface area contributed by atoms with Crippen LogP contribution in [0.15, 0.2) is 121 Å². The number of alkyl halides is 3. The van der Waals surface area contributed by atoms with Crippen molar-refractivity contribution in [3.8, 4) is 0 Å². The van der Waals surface area contributed by atoms with Gasteiger partial charge in [0.15, 0.2) is 16.6 Å². The van der Waals surface area contributed by atoms with Crippen molar-refractivity contribution in [3.05, 3.63) is 144 Å². The number of carbonyl (C=O) groups is 2. The van der Waals surface area contributed by atoms with Gasteiger partial charge in [-0.15, -0.1) is 0 Å². The van der Waals surface area contributed by atoms with Gasteiger partial charge in [-0.3, -0.25) is 9.59 Å². The van der Waals surface area contributed by atoms with Crippen LogP contribution >= 0.6 is 0 Å². The van der Waals surface area contributed by atoms with Gasteiger partial charge in [-0.1, -0.05) is 142 Å². The van der Waals surface area contributed by atoms with E-state index in [-0.39, 0.29) is 11.9 Å². The molecule has 4 rings (SSSR count). The van der Waals surface area contributed by atoms with E-state index in [1.807, 2.05) is 81.4 Å². The molecular formula is C39H43F3O4. The van der Waals surface area contributed by atoms with E-state index in [4.69, 9.17) is 9.47 Å². The van der Waals surface area contributed by atoms with Crippen molar-refractivity contribution in [2.24, 2.45) is 11.3 Å². The highest BCUT2D eigenvalue weighted by Crippen LogP contribution is 2.44. The van der Waals surface area contributed by atoms with Gasteiger partial charge in [0.05, 0.1) is 5.92 Å². The summed E-state index contributed by atoms with van der Waals surface area (Å²) in [5.74, 6) is -1.54. The lowest BCUT2D eigenvalue weighted by Crippen LogP contribution is -2.46. The van der Waals surface area contributed by atoms with E-state index >= 15 is 0 Å². The molecular weight excluding hydrogens is 589 g/mol. The highest BCUT2D eigenvalue weighted by Gasteiger charge is 2.58. The summed E-state index contributed by atoms with van der Waals surface area (Å²) in [5, 5.41) is 0. The second-order valence-electron chi connectivity index (χ2n) is 11.8. The Morgan fingerprint density at radius 3 is 1.15 bits per heavy atom. The fraction of sp³-hybridized carbons (Fsp3) is 0.333. The zero-order chi connectivity index (χ0) is 34.0. The molecule has 244 valence electrons. The Hall–Kier alpha value is -4.39. The molecule has 2 atom stereocenters. The van der Waals surface area contributed by atoms with Crippen molar-refractivity contribution >= 4 is 11.9 Å². The number of hydrogen-bond acceptors (Lipinski definition) is 4. The van der Waals surface area contributed by atoms with Crippen molar-refractivity contribution in [2.75, 3.05) is 0 Å². The lowest BCUT2D eigenvalue weighted by molar-refractivity contribution is -0.236. The maximum Gasteiger partial charge on any atom is 0.404 e. The SMILES string of the molecule is CCC(C)(C(=O)OC(C)(c1ccccc1)c1ccccc1)C(F)(F)F.CCC(C)C(=O)OC(C)(c1ccccc1)c1ccccc1. The number of carbonyl (C=O) groups excluding carboxylic acids is 2. The molecule has 0 aliphatic carbocycles. The van der Waals surface area contributed by atoms with Crippen LogP contribution in [0.25, 0.3) is 0 Å². The van der Waals surface area contributed by atoms with Crippen LogP contribution in [-0.2, 0) is 30.3 Å². The van der Waals surface area contributed by atoms with Crippen LogP contribution < -0.4 is 0 Å². The van der Waals surface area contributed by atoms with Gasteiger partial charge >= 0.3 is 18.1 Å². The summed E-state index contributed by atoms with van der Waals surface area (Å²) in [6, 6.07) is 37.3. The van der Waals surface area contributed by atoms with E-state index < -0.39 is 35.2 Å². The first-order chi connectivity index (χ1) is 21.7. The standard InChI is InChI=1S/C20H21F3O2.C19H22O2/c1-4-18(2,20(21,22)23)17(24)25-19(3,15-11-7-5-8-12-15)16-13-9-6-10-14-16;1-4-15(2)18(20)21-19(3,16-11-7-5-8-12-16)17-13-9-6-10-14-17/h5-14H,4H2,1-3H3;5-15H,4H2,1-3H3. The fourth-order valence-electron chi connectivity index (χ4n) is 4.82. The molecule has 0 N–H and O–H groups in total. The number of rotatable bonds is 10. The first kappa shape index (κ1) is 36.1. The molecule has 4 aromatic carbocycles. The molecule has 0 amide bonds. The Kier molecular flexibility index (Phi) is 12.0. The molecule has 0 fully saturated rings. The molecule has 46 heavy (non-hydrogen) atoms. The summed E-state index contributed by atoms with van der Waals surface area (Å²) in [4.78, 5) is 24.9. The van der Waals surface area contributed by atoms with Crippen LogP contribution in [0.4, 0.5) is 13.2 Å². The lowest BCUT2D eigenvalue weighted by atomic mass is 9.84. The molecule has 2 unspecified atom stereocenters. The Balaban J connectivity index is 0.000000254. The summed E-state index contributed by atoms with van der Waals surface area (Å²) in [6.07, 6.45) is -4.30. The zero-order valence-electron chi connectivity index (χ0n) is 27.3. The number of esters is 2. The first-order valence-electron chi connectivity index (χ1n) is 15.5. The molecule has 7 heteroatoms. The maximum atomic E-state index is 13.4. The minimum atomic E-state index is -4.69. The quantitative estimate of drug-likeness (QED) is 0.163. The van der Waals surface area contributed by atoms with Gasteiger partial charge < -0.3 is 9.47 Å². The topological polar surface area (TPSA) is 52.6 Å². The van der Waals surface area contributed by atoms with Crippen LogP contribution in [0.2, 0.25) is 0 Å².